The SMILES string of the molecule is CCOC(=O)c1ccc(-c2ccccc2C(SCC)c2ccccc2O)cc1. The molecular formula is C24H24O3S. The fraction of sp³-hybridized carbons (Fsp3) is 0.208. The van der Waals surface area contributed by atoms with Crippen LogP contribution in [0.1, 0.15) is 40.6 Å². The topological polar surface area (TPSA) is 46.5 Å². The summed E-state index contributed by atoms with van der Waals surface area (Å²) in [5, 5.41) is 10.4. The molecule has 0 radical (unpaired) electrons. The van der Waals surface area contributed by atoms with Crippen molar-refractivity contribution in [2.45, 2.75) is 19.1 Å². The number of aromatic hydroxyl groups is 1. The summed E-state index contributed by atoms with van der Waals surface area (Å²) < 4.78 is 5.07. The lowest BCUT2D eigenvalue weighted by atomic mass is 9.93. The van der Waals surface area contributed by atoms with Gasteiger partial charge in [0.25, 0.3) is 0 Å². The van der Waals surface area contributed by atoms with Gasteiger partial charge in [-0.25, -0.2) is 4.79 Å². The van der Waals surface area contributed by atoms with Gasteiger partial charge in [0.1, 0.15) is 5.75 Å². The Hall–Kier alpha value is -2.72. The van der Waals surface area contributed by atoms with E-state index in [0.717, 1.165) is 28.0 Å². The van der Waals surface area contributed by atoms with Gasteiger partial charge >= 0.3 is 5.97 Å². The average molecular weight is 393 g/mol. The third kappa shape index (κ3) is 4.39. The highest BCUT2D eigenvalue weighted by molar-refractivity contribution is 7.99. The quantitative estimate of drug-likeness (QED) is 0.495. The molecule has 0 amide bonds. The molecule has 3 rings (SSSR count). The molecule has 0 spiro atoms. The number of benzene rings is 3. The van der Waals surface area contributed by atoms with Gasteiger partial charge in [-0.05, 0) is 47.6 Å². The minimum Gasteiger partial charge on any atom is -0.508 e. The first kappa shape index (κ1) is 20.0. The molecule has 1 atom stereocenters. The fourth-order valence-corrected chi connectivity index (χ4v) is 4.31. The van der Waals surface area contributed by atoms with Crippen LogP contribution in [0.3, 0.4) is 0 Å². The van der Waals surface area contributed by atoms with Crippen LogP contribution in [-0.4, -0.2) is 23.4 Å². The molecule has 0 fully saturated rings. The van der Waals surface area contributed by atoms with Crippen LogP contribution in [0.4, 0.5) is 0 Å². The van der Waals surface area contributed by atoms with Crippen LogP contribution in [-0.2, 0) is 4.74 Å². The number of rotatable bonds is 7. The molecule has 0 aliphatic rings. The van der Waals surface area contributed by atoms with Crippen LogP contribution in [0.25, 0.3) is 11.1 Å². The van der Waals surface area contributed by atoms with Crippen LogP contribution in [0.5, 0.6) is 5.75 Å². The second kappa shape index (κ2) is 9.47. The maximum Gasteiger partial charge on any atom is 0.338 e. The number of phenolic OH excluding ortho intramolecular Hbond substituents is 1. The maximum absolute atomic E-state index is 11.9. The molecule has 3 aromatic carbocycles. The normalized spacial score (nSPS) is 11.8. The van der Waals surface area contributed by atoms with Crippen molar-refractivity contribution in [2.75, 3.05) is 12.4 Å². The molecule has 28 heavy (non-hydrogen) atoms. The predicted molar refractivity (Wildman–Crippen MR) is 116 cm³/mol. The van der Waals surface area contributed by atoms with E-state index in [1.165, 1.54) is 0 Å². The molecule has 3 aromatic rings. The van der Waals surface area contributed by atoms with Crippen molar-refractivity contribution >= 4 is 17.7 Å². The van der Waals surface area contributed by atoms with E-state index in [-0.39, 0.29) is 11.2 Å². The first-order valence-corrected chi connectivity index (χ1v) is 10.5. The first-order chi connectivity index (χ1) is 13.7. The molecule has 0 aliphatic carbocycles. The lowest BCUT2D eigenvalue weighted by Gasteiger charge is -2.21. The third-order valence-electron chi connectivity index (χ3n) is 4.50. The summed E-state index contributed by atoms with van der Waals surface area (Å²) in [6, 6.07) is 23.2. The van der Waals surface area contributed by atoms with Gasteiger partial charge in [-0.15, -0.1) is 11.8 Å². The third-order valence-corrected chi connectivity index (χ3v) is 5.68. The van der Waals surface area contributed by atoms with Gasteiger partial charge in [-0.2, -0.15) is 0 Å². The number of thioether (sulfide) groups is 1. The smallest absolute Gasteiger partial charge is 0.338 e. The highest BCUT2D eigenvalue weighted by Gasteiger charge is 2.21. The Morgan fingerprint density at radius 2 is 1.57 bits per heavy atom. The zero-order valence-electron chi connectivity index (χ0n) is 16.1. The highest BCUT2D eigenvalue weighted by atomic mass is 32.2. The minimum atomic E-state index is -0.309. The van der Waals surface area contributed by atoms with Crippen LogP contribution < -0.4 is 0 Å². The predicted octanol–water partition coefficient (Wildman–Crippen LogP) is 6.08. The molecule has 0 heterocycles. The van der Waals surface area contributed by atoms with Crippen molar-refractivity contribution < 1.29 is 14.6 Å². The van der Waals surface area contributed by atoms with Gasteiger partial charge < -0.3 is 9.84 Å². The van der Waals surface area contributed by atoms with Crippen molar-refractivity contribution in [3.05, 3.63) is 89.5 Å². The number of carbonyl (C=O) groups is 1. The summed E-state index contributed by atoms with van der Waals surface area (Å²) in [6.45, 7) is 4.28. The number of esters is 1. The Labute approximate surface area is 170 Å². The molecule has 0 aromatic heterocycles. The van der Waals surface area contributed by atoms with E-state index in [4.69, 9.17) is 4.74 Å². The van der Waals surface area contributed by atoms with Gasteiger partial charge in [0.05, 0.1) is 17.4 Å². The summed E-state index contributed by atoms with van der Waals surface area (Å²) >= 11 is 1.79. The van der Waals surface area contributed by atoms with Crippen LogP contribution in [0, 0.1) is 0 Å². The number of phenols is 1. The molecule has 0 bridgehead atoms. The van der Waals surface area contributed by atoms with E-state index < -0.39 is 0 Å². The van der Waals surface area contributed by atoms with E-state index >= 15 is 0 Å². The molecule has 4 heteroatoms. The Balaban J connectivity index is 2.02. The number of ether oxygens (including phenoxy) is 1. The monoisotopic (exact) mass is 392 g/mol. The molecular weight excluding hydrogens is 368 g/mol. The second-order valence-electron chi connectivity index (χ2n) is 6.28. The molecule has 1 N–H and O–H groups in total. The maximum atomic E-state index is 11.9. The molecule has 1 unspecified atom stereocenters. The summed E-state index contributed by atoms with van der Waals surface area (Å²) in [5.41, 5.74) is 4.71. The molecule has 0 saturated carbocycles. The van der Waals surface area contributed by atoms with Gasteiger partial charge in [0.2, 0.25) is 0 Å². The van der Waals surface area contributed by atoms with Gasteiger partial charge in [0, 0.05) is 5.56 Å². The molecule has 3 nitrogen and oxygen atoms in total. The van der Waals surface area contributed by atoms with Gasteiger partial charge in [0.15, 0.2) is 0 Å². The summed E-state index contributed by atoms with van der Waals surface area (Å²) in [4.78, 5) is 11.9. The van der Waals surface area contributed by atoms with Crippen molar-refractivity contribution in [1.29, 1.82) is 0 Å². The fourth-order valence-electron chi connectivity index (χ4n) is 3.21. The van der Waals surface area contributed by atoms with E-state index in [1.54, 1.807) is 36.9 Å². The minimum absolute atomic E-state index is 0.0205. The summed E-state index contributed by atoms with van der Waals surface area (Å²) in [5.74, 6) is 0.923. The standard InChI is InChI=1S/C24H24O3S/c1-3-27-24(26)18-15-13-17(14-16-18)19-9-5-6-10-20(19)23(28-4-2)21-11-7-8-12-22(21)25/h5-16,23,25H,3-4H2,1-2H3. The summed E-state index contributed by atoms with van der Waals surface area (Å²) in [7, 11) is 0. The van der Waals surface area contributed by atoms with E-state index in [2.05, 4.69) is 19.1 Å². The second-order valence-corrected chi connectivity index (χ2v) is 7.66. The van der Waals surface area contributed by atoms with Crippen LogP contribution in [0.15, 0.2) is 72.8 Å². The Morgan fingerprint density at radius 3 is 2.21 bits per heavy atom. The lowest BCUT2D eigenvalue weighted by Crippen LogP contribution is -2.04. The largest absolute Gasteiger partial charge is 0.508 e. The Morgan fingerprint density at radius 1 is 0.929 bits per heavy atom. The van der Waals surface area contributed by atoms with E-state index in [0.29, 0.717) is 17.9 Å². The van der Waals surface area contributed by atoms with E-state index in [1.807, 2.05) is 42.5 Å². The number of carbonyl (C=O) groups excluding carboxylic acids is 1. The van der Waals surface area contributed by atoms with Crippen LogP contribution in [0.2, 0.25) is 0 Å². The van der Waals surface area contributed by atoms with Gasteiger partial charge in [-0.3, -0.25) is 0 Å². The van der Waals surface area contributed by atoms with Crippen molar-refractivity contribution in [1.82, 2.24) is 0 Å². The van der Waals surface area contributed by atoms with E-state index in [9.17, 15) is 9.90 Å². The zero-order valence-corrected chi connectivity index (χ0v) is 16.9. The van der Waals surface area contributed by atoms with Crippen molar-refractivity contribution in [3.8, 4) is 16.9 Å². The molecule has 144 valence electrons. The average Bonchev–Trinajstić information content (AvgIpc) is 2.73. The highest BCUT2D eigenvalue weighted by Crippen LogP contribution is 2.43. The lowest BCUT2D eigenvalue weighted by molar-refractivity contribution is 0.0526. The van der Waals surface area contributed by atoms with Crippen molar-refractivity contribution in [2.24, 2.45) is 0 Å². The molecule has 0 saturated heterocycles. The summed E-state index contributed by atoms with van der Waals surface area (Å²) in [6.07, 6.45) is 0. The Kier molecular flexibility index (Phi) is 6.77. The zero-order chi connectivity index (χ0) is 19.9. The Bertz CT molecular complexity index is 935. The number of hydrogen-bond acceptors (Lipinski definition) is 4. The van der Waals surface area contributed by atoms with Crippen LogP contribution >= 0.6 is 11.8 Å². The number of para-hydroxylation sites is 1. The van der Waals surface area contributed by atoms with Gasteiger partial charge in [-0.1, -0.05) is 61.5 Å². The van der Waals surface area contributed by atoms with Crippen molar-refractivity contribution in [3.63, 3.8) is 0 Å². The number of hydrogen-bond donors (Lipinski definition) is 1. The first-order valence-electron chi connectivity index (χ1n) is 9.41. The molecule has 0 aliphatic heterocycles.